The average molecular weight is 602 g/mol. The second-order valence-electron chi connectivity index (χ2n) is 11.9. The van der Waals surface area contributed by atoms with E-state index in [4.69, 9.17) is 4.74 Å². The Morgan fingerprint density at radius 1 is 0.630 bits per heavy atom. The van der Waals surface area contributed by atoms with Gasteiger partial charge in [-0.05, 0) is 119 Å². The number of nitrogens with zero attached hydrogens (tertiary/aromatic N) is 1. The lowest BCUT2D eigenvalue weighted by Crippen LogP contribution is -2.09. The van der Waals surface area contributed by atoms with Crippen molar-refractivity contribution in [3.63, 3.8) is 0 Å². The highest BCUT2D eigenvalue weighted by Crippen LogP contribution is 2.36. The molecule has 0 aliphatic rings. The Bertz CT molecular complexity index is 1890. The monoisotopic (exact) mass is 601 g/mol. The van der Waals surface area contributed by atoms with E-state index in [1.807, 2.05) is 49.4 Å². The summed E-state index contributed by atoms with van der Waals surface area (Å²) in [4.78, 5) is 15.4. The third-order valence-corrected chi connectivity index (χ3v) is 8.48. The number of hydrogen-bond acceptors (Lipinski definition) is 3. The van der Waals surface area contributed by atoms with Gasteiger partial charge in [-0.15, -0.1) is 0 Å². The number of hydrogen-bond donors (Lipinski definition) is 0. The minimum atomic E-state index is -0.366. The summed E-state index contributed by atoms with van der Waals surface area (Å²) in [6, 6.07) is 49.7. The third-order valence-electron chi connectivity index (χ3n) is 8.48. The van der Waals surface area contributed by atoms with Crippen molar-refractivity contribution in [2.75, 3.05) is 4.90 Å². The van der Waals surface area contributed by atoms with E-state index in [1.165, 1.54) is 16.7 Å². The van der Waals surface area contributed by atoms with Crippen molar-refractivity contribution >= 4 is 23.0 Å². The maximum atomic E-state index is 13.2. The molecule has 0 atom stereocenters. The standard InChI is InChI=1S/C43H39NO2/c1-5-32-16-21-36(30(2)3)29-41(32)37-24-27-42(31(4)28-37)46-43(45)35-19-17-33(18-20-35)34-22-25-40(26-23-34)44(38-12-8-6-9-13-38)39-14-10-7-11-15-39/h6-30H,5H2,1-4H3. The SMILES string of the molecule is CCc1ccc(C(C)C)cc1-c1ccc(OC(=O)c2ccc(-c3ccc(N(c4ccccc4)c4ccccc4)cc3)cc2)c(C)c1. The number of carbonyl (C=O) groups is 1. The van der Waals surface area contributed by atoms with Crippen molar-refractivity contribution in [1.82, 2.24) is 0 Å². The van der Waals surface area contributed by atoms with E-state index in [0.717, 1.165) is 45.7 Å². The predicted octanol–water partition coefficient (Wildman–Crippen LogP) is 11.7. The van der Waals surface area contributed by atoms with Crippen LogP contribution < -0.4 is 9.64 Å². The van der Waals surface area contributed by atoms with Gasteiger partial charge in [-0.1, -0.05) is 106 Å². The van der Waals surface area contributed by atoms with Crippen molar-refractivity contribution in [2.45, 2.75) is 40.0 Å². The van der Waals surface area contributed by atoms with Crippen LogP contribution in [0.1, 0.15) is 53.7 Å². The van der Waals surface area contributed by atoms with Gasteiger partial charge in [0.2, 0.25) is 0 Å². The summed E-state index contributed by atoms with van der Waals surface area (Å²) in [5.41, 5.74) is 11.8. The molecule has 228 valence electrons. The van der Waals surface area contributed by atoms with Gasteiger partial charge in [-0.2, -0.15) is 0 Å². The second kappa shape index (κ2) is 13.7. The van der Waals surface area contributed by atoms with Gasteiger partial charge in [-0.3, -0.25) is 0 Å². The maximum Gasteiger partial charge on any atom is 0.343 e. The maximum absolute atomic E-state index is 13.2. The fraction of sp³-hybridized carbons (Fsp3) is 0.140. The zero-order chi connectivity index (χ0) is 32.0. The molecular weight excluding hydrogens is 562 g/mol. The molecular formula is C43H39NO2. The van der Waals surface area contributed by atoms with E-state index in [0.29, 0.717) is 17.2 Å². The molecule has 0 aliphatic heterocycles. The molecule has 0 saturated heterocycles. The van der Waals surface area contributed by atoms with Crippen LogP contribution in [0.3, 0.4) is 0 Å². The summed E-state index contributed by atoms with van der Waals surface area (Å²) in [6.45, 7) is 8.61. The largest absolute Gasteiger partial charge is 0.423 e. The Labute approximate surface area is 272 Å². The van der Waals surface area contributed by atoms with Gasteiger partial charge in [0.25, 0.3) is 0 Å². The van der Waals surface area contributed by atoms with Crippen LogP contribution in [0.4, 0.5) is 17.1 Å². The van der Waals surface area contributed by atoms with Crippen molar-refractivity contribution in [3.8, 4) is 28.0 Å². The minimum Gasteiger partial charge on any atom is -0.423 e. The molecule has 0 amide bonds. The summed E-state index contributed by atoms with van der Waals surface area (Å²) in [7, 11) is 0. The molecule has 0 heterocycles. The average Bonchev–Trinajstić information content (AvgIpc) is 3.10. The molecule has 6 aromatic rings. The van der Waals surface area contributed by atoms with Gasteiger partial charge in [0.1, 0.15) is 5.75 Å². The summed E-state index contributed by atoms with van der Waals surface area (Å²) < 4.78 is 5.87. The van der Waals surface area contributed by atoms with Crippen LogP contribution in [0.2, 0.25) is 0 Å². The number of ether oxygens (including phenoxy) is 1. The van der Waals surface area contributed by atoms with Crippen molar-refractivity contribution < 1.29 is 9.53 Å². The number of esters is 1. The fourth-order valence-electron chi connectivity index (χ4n) is 5.82. The quantitative estimate of drug-likeness (QED) is 0.122. The Kier molecular flexibility index (Phi) is 9.12. The van der Waals surface area contributed by atoms with Crippen LogP contribution in [-0.4, -0.2) is 5.97 Å². The minimum absolute atomic E-state index is 0.366. The highest BCUT2D eigenvalue weighted by Gasteiger charge is 2.15. The first kappa shape index (κ1) is 30.6. The number of carbonyl (C=O) groups excluding carboxylic acids is 1. The molecule has 6 rings (SSSR count). The molecule has 46 heavy (non-hydrogen) atoms. The van der Waals surface area contributed by atoms with E-state index in [-0.39, 0.29) is 5.97 Å². The van der Waals surface area contributed by atoms with E-state index in [2.05, 4.69) is 129 Å². The lowest BCUT2D eigenvalue weighted by molar-refractivity contribution is 0.0733. The summed E-state index contributed by atoms with van der Waals surface area (Å²) in [5.74, 6) is 0.671. The van der Waals surface area contributed by atoms with Crippen LogP contribution in [0.5, 0.6) is 5.75 Å². The van der Waals surface area contributed by atoms with Gasteiger partial charge in [-0.25, -0.2) is 4.79 Å². The number of aryl methyl sites for hydroxylation is 2. The van der Waals surface area contributed by atoms with Crippen molar-refractivity contribution in [1.29, 1.82) is 0 Å². The summed E-state index contributed by atoms with van der Waals surface area (Å²) in [6.07, 6.45) is 0.962. The zero-order valence-corrected chi connectivity index (χ0v) is 26.9. The molecule has 0 spiro atoms. The normalized spacial score (nSPS) is 11.0. The molecule has 0 unspecified atom stereocenters. The van der Waals surface area contributed by atoms with Gasteiger partial charge in [0, 0.05) is 17.1 Å². The molecule has 0 aromatic heterocycles. The summed E-state index contributed by atoms with van der Waals surface area (Å²) >= 11 is 0. The Morgan fingerprint density at radius 2 is 1.17 bits per heavy atom. The topological polar surface area (TPSA) is 29.5 Å². The Morgan fingerprint density at radius 3 is 1.72 bits per heavy atom. The zero-order valence-electron chi connectivity index (χ0n) is 26.9. The first-order valence-corrected chi connectivity index (χ1v) is 16.0. The van der Waals surface area contributed by atoms with Crippen LogP contribution in [0.15, 0.2) is 146 Å². The molecule has 0 aliphatic carbocycles. The van der Waals surface area contributed by atoms with E-state index >= 15 is 0 Å². The molecule has 0 radical (unpaired) electrons. The van der Waals surface area contributed by atoms with E-state index in [1.54, 1.807) is 0 Å². The number of benzene rings is 6. The predicted molar refractivity (Wildman–Crippen MR) is 192 cm³/mol. The molecule has 0 saturated carbocycles. The van der Waals surface area contributed by atoms with Crippen molar-refractivity contribution in [2.24, 2.45) is 0 Å². The van der Waals surface area contributed by atoms with Crippen LogP contribution in [-0.2, 0) is 6.42 Å². The van der Waals surface area contributed by atoms with Gasteiger partial charge in [0.15, 0.2) is 0 Å². The lowest BCUT2D eigenvalue weighted by Gasteiger charge is -2.25. The van der Waals surface area contributed by atoms with Crippen molar-refractivity contribution in [3.05, 3.63) is 168 Å². The van der Waals surface area contributed by atoms with E-state index < -0.39 is 0 Å². The smallest absolute Gasteiger partial charge is 0.343 e. The van der Waals surface area contributed by atoms with Crippen LogP contribution >= 0.6 is 0 Å². The second-order valence-corrected chi connectivity index (χ2v) is 11.9. The summed E-state index contributed by atoms with van der Waals surface area (Å²) in [5, 5.41) is 0. The Balaban J connectivity index is 1.17. The van der Waals surface area contributed by atoms with Gasteiger partial charge < -0.3 is 9.64 Å². The Hall–Kier alpha value is -5.41. The number of para-hydroxylation sites is 2. The molecule has 3 nitrogen and oxygen atoms in total. The molecule has 0 bridgehead atoms. The highest BCUT2D eigenvalue weighted by molar-refractivity contribution is 5.92. The first-order valence-electron chi connectivity index (χ1n) is 16.0. The van der Waals surface area contributed by atoms with E-state index in [9.17, 15) is 4.79 Å². The van der Waals surface area contributed by atoms with Gasteiger partial charge in [0.05, 0.1) is 5.56 Å². The van der Waals surface area contributed by atoms with Crippen LogP contribution in [0.25, 0.3) is 22.3 Å². The van der Waals surface area contributed by atoms with Crippen LogP contribution in [0, 0.1) is 6.92 Å². The van der Waals surface area contributed by atoms with Gasteiger partial charge >= 0.3 is 5.97 Å². The number of rotatable bonds is 9. The molecule has 6 aromatic carbocycles. The molecule has 3 heteroatoms. The lowest BCUT2D eigenvalue weighted by atomic mass is 9.91. The molecule has 0 N–H and O–H groups in total. The fourth-order valence-corrected chi connectivity index (χ4v) is 5.82. The number of anilines is 3. The highest BCUT2D eigenvalue weighted by atomic mass is 16.5. The first-order chi connectivity index (χ1) is 22.4. The third kappa shape index (κ3) is 6.64. The molecule has 0 fully saturated rings.